The van der Waals surface area contributed by atoms with Crippen LogP contribution in [-0.2, 0) is 14.4 Å². The summed E-state index contributed by atoms with van der Waals surface area (Å²) in [5.41, 5.74) is 0.632. The van der Waals surface area contributed by atoms with Crippen LogP contribution in [-0.4, -0.2) is 68.7 Å². The SMILES string of the molecule is C=CCN(C[C@H]1[C@@H](c2ccc(Br)cc2)[C@@H](CO[Si](C)(C)C(C)(C)C)N1C(C)C=C)S(=O)(=O)c1ccccc1[N+](=O)[O-]. The topological polar surface area (TPSA) is 93.0 Å². The molecule has 2 aromatic rings. The molecule has 0 saturated carbocycles. The zero-order valence-corrected chi connectivity index (χ0v) is 28.2. The molecule has 0 bridgehead atoms. The number of nitrogens with zero attached hydrogens (tertiary/aromatic N) is 3. The predicted octanol–water partition coefficient (Wildman–Crippen LogP) is 6.97. The van der Waals surface area contributed by atoms with Crippen molar-refractivity contribution in [1.29, 1.82) is 0 Å². The van der Waals surface area contributed by atoms with E-state index in [1.807, 2.05) is 25.1 Å². The zero-order valence-electron chi connectivity index (χ0n) is 24.8. The monoisotopic (exact) mass is 663 g/mol. The van der Waals surface area contributed by atoms with E-state index in [-0.39, 0.29) is 47.1 Å². The largest absolute Gasteiger partial charge is 0.415 e. The highest BCUT2D eigenvalue weighted by atomic mass is 79.9. The average Bonchev–Trinajstić information content (AvgIpc) is 2.89. The summed E-state index contributed by atoms with van der Waals surface area (Å²) >= 11 is 3.52. The summed E-state index contributed by atoms with van der Waals surface area (Å²) in [5, 5.41) is 11.8. The van der Waals surface area contributed by atoms with Crippen molar-refractivity contribution >= 4 is 40.0 Å². The predicted molar refractivity (Wildman–Crippen MR) is 171 cm³/mol. The van der Waals surface area contributed by atoms with Gasteiger partial charge in [-0.2, -0.15) is 4.31 Å². The third-order valence-electron chi connectivity index (χ3n) is 8.49. The van der Waals surface area contributed by atoms with Crippen LogP contribution in [0.5, 0.6) is 0 Å². The number of para-hydroxylation sites is 1. The van der Waals surface area contributed by atoms with E-state index in [4.69, 9.17) is 4.43 Å². The van der Waals surface area contributed by atoms with Crippen molar-refractivity contribution in [3.05, 3.63) is 94.0 Å². The van der Waals surface area contributed by atoms with Crippen LogP contribution in [0.3, 0.4) is 0 Å². The van der Waals surface area contributed by atoms with Crippen molar-refractivity contribution < 1.29 is 17.8 Å². The second-order valence-corrected chi connectivity index (χ2v) is 19.7. The number of hydrogen-bond donors (Lipinski definition) is 0. The number of nitro groups is 1. The molecule has 0 aliphatic carbocycles. The fraction of sp³-hybridized carbons (Fsp3) is 0.467. The molecule has 11 heteroatoms. The van der Waals surface area contributed by atoms with Crippen molar-refractivity contribution in [1.82, 2.24) is 9.21 Å². The molecule has 1 heterocycles. The second kappa shape index (κ2) is 13.0. The molecule has 1 aliphatic heterocycles. The maximum atomic E-state index is 13.9. The van der Waals surface area contributed by atoms with Gasteiger partial charge in [0.15, 0.2) is 13.2 Å². The summed E-state index contributed by atoms with van der Waals surface area (Å²) in [4.78, 5) is 13.0. The molecule has 0 amide bonds. The first-order chi connectivity index (χ1) is 19.1. The van der Waals surface area contributed by atoms with Gasteiger partial charge in [-0.25, -0.2) is 8.42 Å². The molecule has 41 heavy (non-hydrogen) atoms. The smallest absolute Gasteiger partial charge is 0.289 e. The molecule has 224 valence electrons. The Morgan fingerprint density at radius 2 is 1.76 bits per heavy atom. The number of halogens is 1. The molecule has 0 spiro atoms. The lowest BCUT2D eigenvalue weighted by Crippen LogP contribution is -2.69. The Hall–Kier alpha value is -2.15. The van der Waals surface area contributed by atoms with Gasteiger partial charge in [-0.3, -0.25) is 15.0 Å². The van der Waals surface area contributed by atoms with Crippen molar-refractivity contribution in [2.24, 2.45) is 0 Å². The van der Waals surface area contributed by atoms with Crippen molar-refractivity contribution in [2.45, 2.75) is 74.8 Å². The van der Waals surface area contributed by atoms with Crippen molar-refractivity contribution in [2.75, 3.05) is 19.7 Å². The quantitative estimate of drug-likeness (QED) is 0.0995. The van der Waals surface area contributed by atoms with Gasteiger partial charge in [-0.15, -0.1) is 13.2 Å². The minimum atomic E-state index is -4.21. The number of benzene rings is 2. The summed E-state index contributed by atoms with van der Waals surface area (Å²) in [7, 11) is -6.28. The first kappa shape index (κ1) is 33.4. The highest BCUT2D eigenvalue weighted by molar-refractivity contribution is 9.10. The zero-order chi connectivity index (χ0) is 30.8. The van der Waals surface area contributed by atoms with E-state index in [1.165, 1.54) is 34.6 Å². The Labute approximate surface area is 254 Å². The van der Waals surface area contributed by atoms with Crippen LogP contribution in [0.25, 0.3) is 0 Å². The maximum absolute atomic E-state index is 13.9. The molecule has 0 aromatic heterocycles. The van der Waals surface area contributed by atoms with Crippen LogP contribution < -0.4 is 0 Å². The number of likely N-dealkylation sites (tertiary alicyclic amines) is 1. The lowest BCUT2D eigenvalue weighted by Gasteiger charge is -2.59. The Bertz CT molecular complexity index is 1360. The number of sulfonamides is 1. The summed E-state index contributed by atoms with van der Waals surface area (Å²) < 4.78 is 36.8. The fourth-order valence-corrected chi connectivity index (χ4v) is 7.99. The fourth-order valence-electron chi connectivity index (χ4n) is 5.12. The molecule has 4 atom stereocenters. The first-order valence-electron chi connectivity index (χ1n) is 13.7. The lowest BCUT2D eigenvalue weighted by molar-refractivity contribution is -0.387. The molecular formula is C30H42BrN3O5SSi. The van der Waals surface area contributed by atoms with Gasteiger partial charge in [0.05, 0.1) is 11.5 Å². The number of nitro benzene ring substituents is 1. The molecule has 2 aromatic carbocycles. The van der Waals surface area contributed by atoms with Gasteiger partial charge in [0.2, 0.25) is 10.0 Å². The number of rotatable bonds is 13. The Kier molecular flexibility index (Phi) is 10.6. The average molecular weight is 665 g/mol. The minimum absolute atomic E-state index is 0.0114. The summed E-state index contributed by atoms with van der Waals surface area (Å²) in [6.07, 6.45) is 3.37. The summed E-state index contributed by atoms with van der Waals surface area (Å²) in [6.45, 7) is 21.6. The third-order valence-corrected chi connectivity index (χ3v) is 15.4. The van der Waals surface area contributed by atoms with Crippen LogP contribution in [0.15, 0.2) is 83.2 Å². The highest BCUT2D eigenvalue weighted by Gasteiger charge is 2.53. The normalized spacial score (nSPS) is 20.8. The highest BCUT2D eigenvalue weighted by Crippen LogP contribution is 2.45. The van der Waals surface area contributed by atoms with Gasteiger partial charge in [0.25, 0.3) is 5.69 Å². The molecule has 1 saturated heterocycles. The van der Waals surface area contributed by atoms with Gasteiger partial charge in [-0.05, 0) is 48.8 Å². The molecule has 1 aliphatic rings. The van der Waals surface area contributed by atoms with Gasteiger partial charge >= 0.3 is 0 Å². The first-order valence-corrected chi connectivity index (χ1v) is 18.8. The van der Waals surface area contributed by atoms with Crippen molar-refractivity contribution in [3.63, 3.8) is 0 Å². The molecule has 1 unspecified atom stereocenters. The van der Waals surface area contributed by atoms with E-state index < -0.39 is 29.0 Å². The van der Waals surface area contributed by atoms with E-state index in [9.17, 15) is 18.5 Å². The van der Waals surface area contributed by atoms with Crippen molar-refractivity contribution in [3.8, 4) is 0 Å². The van der Waals surface area contributed by atoms with Gasteiger partial charge in [-0.1, -0.05) is 73.1 Å². The molecule has 0 radical (unpaired) electrons. The Morgan fingerprint density at radius 1 is 1.15 bits per heavy atom. The van der Waals surface area contributed by atoms with E-state index in [0.717, 1.165) is 10.0 Å². The standard InChI is InChI=1S/C30H42BrN3O5SSi/c1-9-19-32(40(37,38)28-14-12-11-13-25(28)34(35)36)20-26-29(23-15-17-24(31)18-16-23)27(33(26)22(3)10-2)21-39-41(7,8)30(4,5)6/h9-18,22,26-27,29H,1-2,19-21H2,3-8H3/t22?,26-,27+,29+/m0/s1. The van der Waals surface area contributed by atoms with E-state index in [0.29, 0.717) is 6.61 Å². The van der Waals surface area contributed by atoms with E-state index in [2.05, 4.69) is 80.0 Å². The summed E-state index contributed by atoms with van der Waals surface area (Å²) in [6, 6.07) is 13.3. The minimum Gasteiger partial charge on any atom is -0.415 e. The molecule has 3 rings (SSSR count). The van der Waals surface area contributed by atoms with Crippen LogP contribution in [0.4, 0.5) is 5.69 Å². The summed E-state index contributed by atoms with van der Waals surface area (Å²) in [5.74, 6) is -0.0384. The van der Waals surface area contributed by atoms with Crippen LogP contribution >= 0.6 is 15.9 Å². The molecule has 0 N–H and O–H groups in total. The third kappa shape index (κ3) is 7.09. The van der Waals surface area contributed by atoms with E-state index >= 15 is 0 Å². The molecule has 1 fully saturated rings. The molecule has 8 nitrogen and oxygen atoms in total. The van der Waals surface area contributed by atoms with Crippen LogP contribution in [0, 0.1) is 10.1 Å². The van der Waals surface area contributed by atoms with E-state index in [1.54, 1.807) is 0 Å². The maximum Gasteiger partial charge on any atom is 0.289 e. The van der Waals surface area contributed by atoms with Gasteiger partial charge < -0.3 is 4.43 Å². The lowest BCUT2D eigenvalue weighted by atomic mass is 9.74. The van der Waals surface area contributed by atoms with Gasteiger partial charge in [0.1, 0.15) is 0 Å². The number of hydrogen-bond acceptors (Lipinski definition) is 6. The van der Waals surface area contributed by atoms with Gasteiger partial charge in [0, 0.05) is 47.7 Å². The molecular weight excluding hydrogens is 622 g/mol. The second-order valence-electron chi connectivity index (χ2n) is 12.0. The van der Waals surface area contributed by atoms with Crippen LogP contribution in [0.1, 0.15) is 39.2 Å². The Balaban J connectivity index is 2.07. The van der Waals surface area contributed by atoms with Crippen LogP contribution in [0.2, 0.25) is 18.1 Å². The Morgan fingerprint density at radius 3 is 2.29 bits per heavy atom.